The van der Waals surface area contributed by atoms with Gasteiger partial charge in [-0.05, 0) is 49.2 Å². The van der Waals surface area contributed by atoms with E-state index >= 15 is 0 Å². The molecule has 0 saturated carbocycles. The van der Waals surface area contributed by atoms with Gasteiger partial charge in [0.1, 0.15) is 0 Å². The third kappa shape index (κ3) is 4.42. The molecule has 3 rings (SSSR count). The molecule has 1 fully saturated rings. The van der Waals surface area contributed by atoms with Crippen LogP contribution in [0.25, 0.3) is 0 Å². The highest BCUT2D eigenvalue weighted by Crippen LogP contribution is 2.20. The van der Waals surface area contributed by atoms with Gasteiger partial charge in [-0.2, -0.15) is 0 Å². The molecule has 1 N–H and O–H groups in total. The second-order valence-electron chi connectivity index (χ2n) is 6.43. The lowest BCUT2D eigenvalue weighted by molar-refractivity contribution is 0.0599. The molecule has 1 aliphatic heterocycles. The number of benzene rings is 2. The van der Waals surface area contributed by atoms with Crippen molar-refractivity contribution < 1.29 is 23.1 Å². The molecule has 142 valence electrons. The zero-order valence-electron chi connectivity index (χ0n) is 14.9. The van der Waals surface area contributed by atoms with Crippen LogP contribution in [0.15, 0.2) is 42.5 Å². The summed E-state index contributed by atoms with van der Waals surface area (Å²) < 4.78 is 31.1. The molecule has 27 heavy (non-hydrogen) atoms. The van der Waals surface area contributed by atoms with Crippen LogP contribution < -0.4 is 5.32 Å². The number of amides is 1. The number of carbonyl (C=O) groups excluding carboxylic acids is 2. The fourth-order valence-corrected chi connectivity index (χ4v) is 3.15. The Bertz CT molecular complexity index is 840. The molecule has 0 aromatic heterocycles. The highest BCUT2D eigenvalue weighted by Gasteiger charge is 2.24. The van der Waals surface area contributed by atoms with E-state index in [1.807, 2.05) is 0 Å². The monoisotopic (exact) mass is 374 g/mol. The van der Waals surface area contributed by atoms with Crippen LogP contribution in [0.4, 0.5) is 14.5 Å². The van der Waals surface area contributed by atoms with Gasteiger partial charge in [-0.25, -0.2) is 13.6 Å². The lowest BCUT2D eigenvalue weighted by atomic mass is 10.0. The topological polar surface area (TPSA) is 58.6 Å². The highest BCUT2D eigenvalue weighted by atomic mass is 19.2. The Labute approximate surface area is 155 Å². The average Bonchev–Trinajstić information content (AvgIpc) is 2.70. The molecule has 2 aromatic rings. The summed E-state index contributed by atoms with van der Waals surface area (Å²) in [5, 5.41) is 3.16. The maximum Gasteiger partial charge on any atom is 0.337 e. The van der Waals surface area contributed by atoms with Crippen LogP contribution in [0, 0.1) is 11.6 Å². The molecule has 0 aliphatic carbocycles. The smallest absolute Gasteiger partial charge is 0.337 e. The maximum atomic E-state index is 13.4. The summed E-state index contributed by atoms with van der Waals surface area (Å²) in [6.07, 6.45) is 1.62. The zero-order chi connectivity index (χ0) is 19.4. The Morgan fingerprint density at radius 1 is 1.07 bits per heavy atom. The van der Waals surface area contributed by atoms with Crippen molar-refractivity contribution in [3.63, 3.8) is 0 Å². The number of esters is 1. The first-order chi connectivity index (χ1) is 13.0. The number of nitrogens with one attached hydrogen (secondary N) is 1. The number of carbonyl (C=O) groups is 2. The lowest BCUT2D eigenvalue weighted by Gasteiger charge is -2.33. The average molecular weight is 374 g/mol. The molecule has 0 spiro atoms. The summed E-state index contributed by atoms with van der Waals surface area (Å²) in [5.74, 6) is -2.39. The van der Waals surface area contributed by atoms with Gasteiger partial charge >= 0.3 is 5.97 Å². The Morgan fingerprint density at radius 3 is 2.44 bits per heavy atom. The minimum atomic E-state index is -0.908. The zero-order valence-corrected chi connectivity index (χ0v) is 14.9. The predicted molar refractivity (Wildman–Crippen MR) is 96.7 cm³/mol. The van der Waals surface area contributed by atoms with Crippen LogP contribution in [0.5, 0.6) is 0 Å². The second-order valence-corrected chi connectivity index (χ2v) is 6.43. The number of rotatable bonds is 4. The van der Waals surface area contributed by atoms with E-state index < -0.39 is 17.6 Å². The summed E-state index contributed by atoms with van der Waals surface area (Å²) in [4.78, 5) is 25.9. The first kappa shape index (κ1) is 18.8. The van der Waals surface area contributed by atoms with E-state index in [1.54, 1.807) is 29.2 Å². The first-order valence-electron chi connectivity index (χ1n) is 8.67. The van der Waals surface area contributed by atoms with Gasteiger partial charge in [-0.1, -0.05) is 0 Å². The number of anilines is 1. The largest absolute Gasteiger partial charge is 0.465 e. The number of hydrogen-bond donors (Lipinski definition) is 1. The van der Waals surface area contributed by atoms with Gasteiger partial charge in [0.2, 0.25) is 0 Å². The summed E-state index contributed by atoms with van der Waals surface area (Å²) in [5.41, 5.74) is 1.34. The molecule has 5 nitrogen and oxygen atoms in total. The number of ether oxygens (including phenoxy) is 1. The third-order valence-electron chi connectivity index (χ3n) is 4.55. The molecule has 0 bridgehead atoms. The Hall–Kier alpha value is -2.96. The molecule has 0 radical (unpaired) electrons. The van der Waals surface area contributed by atoms with E-state index in [2.05, 4.69) is 10.1 Å². The molecule has 2 aromatic carbocycles. The van der Waals surface area contributed by atoms with E-state index in [1.165, 1.54) is 13.2 Å². The van der Waals surface area contributed by atoms with E-state index in [0.717, 1.165) is 25.0 Å². The number of likely N-dealkylation sites (tertiary alicyclic amines) is 1. The Morgan fingerprint density at radius 2 is 1.78 bits per heavy atom. The van der Waals surface area contributed by atoms with Crippen LogP contribution >= 0.6 is 0 Å². The highest BCUT2D eigenvalue weighted by molar-refractivity contribution is 5.96. The molecule has 0 unspecified atom stereocenters. The minimum absolute atomic E-state index is 0.0538. The van der Waals surface area contributed by atoms with Crippen molar-refractivity contribution in [2.24, 2.45) is 0 Å². The number of hydrogen-bond acceptors (Lipinski definition) is 4. The van der Waals surface area contributed by atoms with Gasteiger partial charge in [0.05, 0.1) is 12.7 Å². The fourth-order valence-electron chi connectivity index (χ4n) is 3.15. The van der Waals surface area contributed by atoms with E-state index in [4.69, 9.17) is 0 Å². The lowest BCUT2D eigenvalue weighted by Crippen LogP contribution is -2.45. The minimum Gasteiger partial charge on any atom is -0.465 e. The molecule has 1 aliphatic rings. The second kappa shape index (κ2) is 8.16. The summed E-state index contributed by atoms with van der Waals surface area (Å²) in [6, 6.07) is 9.92. The molecule has 1 atom stereocenters. The molecule has 1 heterocycles. The van der Waals surface area contributed by atoms with Crippen LogP contribution in [0.3, 0.4) is 0 Å². The maximum absolute atomic E-state index is 13.4. The van der Waals surface area contributed by atoms with Crippen LogP contribution in [-0.2, 0) is 4.74 Å². The number of methoxy groups -OCH3 is 1. The van der Waals surface area contributed by atoms with Crippen LogP contribution in [-0.4, -0.2) is 43.0 Å². The number of halogens is 2. The summed E-state index contributed by atoms with van der Waals surface area (Å²) >= 11 is 0. The molecule has 7 heteroatoms. The van der Waals surface area contributed by atoms with Crippen LogP contribution in [0.2, 0.25) is 0 Å². The third-order valence-corrected chi connectivity index (χ3v) is 4.55. The van der Waals surface area contributed by atoms with Crippen molar-refractivity contribution in [2.75, 3.05) is 25.5 Å². The SMILES string of the molecule is COC(=O)c1ccc(C(=O)N2CCC[C@@H](Nc3ccc(F)c(F)c3)C2)cc1. The van der Waals surface area contributed by atoms with Gasteiger partial charge < -0.3 is 15.0 Å². The molecular weight excluding hydrogens is 354 g/mol. The van der Waals surface area contributed by atoms with E-state index in [0.29, 0.717) is 29.9 Å². The molecule has 1 amide bonds. The van der Waals surface area contributed by atoms with Crippen molar-refractivity contribution in [3.05, 3.63) is 65.2 Å². The fraction of sp³-hybridized carbons (Fsp3) is 0.300. The van der Waals surface area contributed by atoms with Gasteiger partial charge in [0.15, 0.2) is 11.6 Å². The summed E-state index contributed by atoms with van der Waals surface area (Å²) in [6.45, 7) is 1.07. The quantitative estimate of drug-likeness (QED) is 0.833. The number of piperidine rings is 1. The van der Waals surface area contributed by atoms with E-state index in [9.17, 15) is 18.4 Å². The van der Waals surface area contributed by atoms with Gasteiger partial charge in [-0.15, -0.1) is 0 Å². The van der Waals surface area contributed by atoms with Crippen molar-refractivity contribution in [1.82, 2.24) is 4.90 Å². The Kier molecular flexibility index (Phi) is 5.69. The van der Waals surface area contributed by atoms with E-state index in [-0.39, 0.29) is 11.9 Å². The predicted octanol–water partition coefficient (Wildman–Crippen LogP) is 3.47. The number of nitrogens with zero attached hydrogens (tertiary/aromatic N) is 1. The van der Waals surface area contributed by atoms with Crippen molar-refractivity contribution in [2.45, 2.75) is 18.9 Å². The van der Waals surface area contributed by atoms with Crippen molar-refractivity contribution in [1.29, 1.82) is 0 Å². The standard InChI is InChI=1S/C20H20F2N2O3/c1-27-20(26)14-6-4-13(5-7-14)19(25)24-10-2-3-16(12-24)23-15-8-9-17(21)18(22)11-15/h4-9,11,16,23H,2-3,10,12H2,1H3/t16-/m1/s1. The molecule has 1 saturated heterocycles. The molecular formula is C20H20F2N2O3. The van der Waals surface area contributed by atoms with Gasteiger partial charge in [-0.3, -0.25) is 4.79 Å². The Balaban J connectivity index is 1.65. The van der Waals surface area contributed by atoms with Crippen molar-refractivity contribution in [3.8, 4) is 0 Å². The van der Waals surface area contributed by atoms with Gasteiger partial charge in [0.25, 0.3) is 5.91 Å². The first-order valence-corrected chi connectivity index (χ1v) is 8.67. The normalized spacial score (nSPS) is 16.7. The van der Waals surface area contributed by atoms with Crippen molar-refractivity contribution >= 4 is 17.6 Å². The van der Waals surface area contributed by atoms with Crippen LogP contribution in [0.1, 0.15) is 33.6 Å². The summed E-state index contributed by atoms with van der Waals surface area (Å²) in [7, 11) is 1.30. The van der Waals surface area contributed by atoms with Gasteiger partial charge in [0, 0.05) is 36.4 Å².